The van der Waals surface area contributed by atoms with E-state index in [0.29, 0.717) is 59.9 Å². The molecule has 4 unspecified atom stereocenters. The number of fused-ring (bicyclic) bond motifs is 3. The Bertz CT molecular complexity index is 1750. The lowest BCUT2D eigenvalue weighted by Crippen LogP contribution is -2.16. The number of rotatable bonds is 18. The van der Waals surface area contributed by atoms with Crippen molar-refractivity contribution in [3.05, 3.63) is 107 Å². The van der Waals surface area contributed by atoms with Gasteiger partial charge in [0.25, 0.3) is 0 Å². The van der Waals surface area contributed by atoms with Gasteiger partial charge in [-0.25, -0.2) is 9.59 Å². The number of carbonyl (C=O) groups excluding carboxylic acids is 2. The SMILES string of the molecule is CC(CCOc1ccc(C(=O)Oc2ccc3c(c2)C(C)(C)c2cc(OC(=O)c4ccc(OCCC(C)CCC5CO5)cc4)ccc2-3)cc1)CCC1CO1. The maximum absolute atomic E-state index is 13.1. The summed E-state index contributed by atoms with van der Waals surface area (Å²) in [7, 11) is 0. The Balaban J connectivity index is 0.910. The second-order valence-electron chi connectivity index (χ2n) is 15.4. The van der Waals surface area contributed by atoms with Crippen molar-refractivity contribution >= 4 is 11.9 Å². The molecule has 53 heavy (non-hydrogen) atoms. The fourth-order valence-electron chi connectivity index (χ4n) is 6.98. The third kappa shape index (κ3) is 9.48. The van der Waals surface area contributed by atoms with E-state index in [-0.39, 0.29) is 0 Å². The van der Waals surface area contributed by atoms with Gasteiger partial charge in [0, 0.05) is 5.41 Å². The topological polar surface area (TPSA) is 96.1 Å². The van der Waals surface area contributed by atoms with Crippen LogP contribution in [0.5, 0.6) is 23.0 Å². The van der Waals surface area contributed by atoms with Gasteiger partial charge in [0.2, 0.25) is 0 Å². The number of hydrogen-bond donors (Lipinski definition) is 0. The van der Waals surface area contributed by atoms with E-state index in [1.165, 1.54) is 0 Å². The number of hydrogen-bond acceptors (Lipinski definition) is 8. The van der Waals surface area contributed by atoms with Crippen LogP contribution in [0.1, 0.15) is 98.1 Å². The number of benzene rings is 4. The van der Waals surface area contributed by atoms with E-state index in [4.69, 9.17) is 28.4 Å². The molecule has 2 aliphatic heterocycles. The first kappa shape index (κ1) is 36.7. The van der Waals surface area contributed by atoms with Gasteiger partial charge in [-0.05, 0) is 145 Å². The molecular weight excluding hydrogens is 668 g/mol. The first-order valence-electron chi connectivity index (χ1n) is 19.0. The van der Waals surface area contributed by atoms with Crippen molar-refractivity contribution < 1.29 is 38.0 Å². The minimum absolute atomic E-state index is 0.417. The molecule has 0 spiro atoms. The molecular formula is C45H50O8. The number of ether oxygens (including phenoxy) is 6. The van der Waals surface area contributed by atoms with Gasteiger partial charge in [0.15, 0.2) is 0 Å². The zero-order valence-electron chi connectivity index (χ0n) is 31.2. The highest BCUT2D eigenvalue weighted by molar-refractivity contribution is 5.92. The Morgan fingerprint density at radius 2 is 0.981 bits per heavy atom. The average molecular weight is 719 g/mol. The highest BCUT2D eigenvalue weighted by Gasteiger charge is 2.36. The van der Waals surface area contributed by atoms with Gasteiger partial charge in [-0.2, -0.15) is 0 Å². The van der Waals surface area contributed by atoms with E-state index in [1.807, 2.05) is 60.7 Å². The molecule has 3 aliphatic rings. The summed E-state index contributed by atoms with van der Waals surface area (Å²) in [6.07, 6.45) is 7.42. The van der Waals surface area contributed by atoms with Crippen LogP contribution in [0.4, 0.5) is 0 Å². The van der Waals surface area contributed by atoms with Crippen LogP contribution in [0, 0.1) is 11.8 Å². The zero-order chi connectivity index (χ0) is 37.0. The summed E-state index contributed by atoms with van der Waals surface area (Å²) < 4.78 is 34.1. The highest BCUT2D eigenvalue weighted by atomic mass is 16.6. The lowest BCUT2D eigenvalue weighted by atomic mass is 9.82. The summed E-state index contributed by atoms with van der Waals surface area (Å²) in [5.41, 5.74) is 4.67. The lowest BCUT2D eigenvalue weighted by molar-refractivity contribution is 0.0725. The summed E-state index contributed by atoms with van der Waals surface area (Å²) in [6, 6.07) is 25.7. The van der Waals surface area contributed by atoms with Gasteiger partial charge in [-0.15, -0.1) is 0 Å². The number of epoxide rings is 2. The van der Waals surface area contributed by atoms with Gasteiger partial charge in [-0.1, -0.05) is 39.8 Å². The van der Waals surface area contributed by atoms with Gasteiger partial charge < -0.3 is 28.4 Å². The van der Waals surface area contributed by atoms with Crippen molar-refractivity contribution in [1.29, 1.82) is 0 Å². The summed E-state index contributed by atoms with van der Waals surface area (Å²) in [6.45, 7) is 11.8. The molecule has 2 saturated heterocycles. The van der Waals surface area contributed by atoms with Crippen LogP contribution in [0.2, 0.25) is 0 Å². The Labute approximate surface area is 312 Å². The van der Waals surface area contributed by atoms with Crippen LogP contribution in [0.25, 0.3) is 11.1 Å². The molecule has 0 N–H and O–H groups in total. The molecule has 2 fully saturated rings. The normalized spacial score (nSPS) is 18.6. The highest BCUT2D eigenvalue weighted by Crippen LogP contribution is 2.50. The molecule has 278 valence electrons. The van der Waals surface area contributed by atoms with Crippen LogP contribution >= 0.6 is 0 Å². The molecule has 0 amide bonds. The van der Waals surface area contributed by atoms with Crippen molar-refractivity contribution in [1.82, 2.24) is 0 Å². The van der Waals surface area contributed by atoms with Crippen molar-refractivity contribution in [3.63, 3.8) is 0 Å². The first-order chi connectivity index (χ1) is 25.6. The molecule has 0 saturated carbocycles. The third-order valence-corrected chi connectivity index (χ3v) is 10.7. The predicted molar refractivity (Wildman–Crippen MR) is 203 cm³/mol. The Morgan fingerprint density at radius 3 is 1.36 bits per heavy atom. The summed E-state index contributed by atoms with van der Waals surface area (Å²) in [5, 5.41) is 0. The van der Waals surface area contributed by atoms with Crippen molar-refractivity contribution in [2.24, 2.45) is 11.8 Å². The maximum atomic E-state index is 13.1. The van der Waals surface area contributed by atoms with E-state index >= 15 is 0 Å². The minimum Gasteiger partial charge on any atom is -0.494 e. The summed E-state index contributed by atoms with van der Waals surface area (Å²) in [5.74, 6) is 2.70. The molecule has 2 heterocycles. The van der Waals surface area contributed by atoms with E-state index in [0.717, 1.165) is 85.5 Å². The van der Waals surface area contributed by atoms with E-state index in [9.17, 15) is 9.59 Å². The minimum atomic E-state index is -0.431. The fourth-order valence-corrected chi connectivity index (χ4v) is 6.98. The van der Waals surface area contributed by atoms with E-state index in [1.54, 1.807) is 24.3 Å². The van der Waals surface area contributed by atoms with E-state index < -0.39 is 17.4 Å². The molecule has 8 heteroatoms. The van der Waals surface area contributed by atoms with Crippen LogP contribution in [-0.2, 0) is 14.9 Å². The molecule has 8 nitrogen and oxygen atoms in total. The molecule has 4 aromatic carbocycles. The standard InChI is InChI=1S/C45H50O8/c1-29(5-11-37-27-50-37)21-23-48-33-13-7-31(8-14-33)43(46)52-35-17-19-39-40-20-18-36(26-42(40)45(3,4)41(39)25-35)53-44(47)32-9-15-34(16-10-32)49-24-22-30(2)6-12-38-28-51-38/h7-10,13-20,25-26,29-30,37-38H,5-6,11-12,21-24,27-28H2,1-4H3. The largest absolute Gasteiger partial charge is 0.494 e. The smallest absolute Gasteiger partial charge is 0.343 e. The van der Waals surface area contributed by atoms with Gasteiger partial charge in [-0.3, -0.25) is 0 Å². The molecule has 4 aromatic rings. The summed E-state index contributed by atoms with van der Waals surface area (Å²) >= 11 is 0. The second-order valence-corrected chi connectivity index (χ2v) is 15.4. The van der Waals surface area contributed by atoms with Crippen molar-refractivity contribution in [2.45, 2.75) is 83.8 Å². The predicted octanol–water partition coefficient (Wildman–Crippen LogP) is 9.60. The number of esters is 2. The van der Waals surface area contributed by atoms with Crippen molar-refractivity contribution in [3.8, 4) is 34.1 Å². The lowest BCUT2D eigenvalue weighted by Gasteiger charge is -2.22. The zero-order valence-corrected chi connectivity index (χ0v) is 31.2. The van der Waals surface area contributed by atoms with Gasteiger partial charge in [0.05, 0.1) is 49.8 Å². The molecule has 0 radical (unpaired) electrons. The molecule has 4 atom stereocenters. The molecule has 0 bridgehead atoms. The monoisotopic (exact) mass is 718 g/mol. The van der Waals surface area contributed by atoms with Crippen LogP contribution < -0.4 is 18.9 Å². The van der Waals surface area contributed by atoms with Crippen LogP contribution in [-0.4, -0.2) is 50.6 Å². The second kappa shape index (κ2) is 16.1. The fraction of sp³-hybridized carbons (Fsp3) is 0.422. The molecule has 1 aliphatic carbocycles. The third-order valence-electron chi connectivity index (χ3n) is 10.7. The molecule has 0 aromatic heterocycles. The van der Waals surface area contributed by atoms with E-state index in [2.05, 4.69) is 27.7 Å². The summed E-state index contributed by atoms with van der Waals surface area (Å²) in [4.78, 5) is 26.2. The quantitative estimate of drug-likeness (QED) is 0.0570. The molecule has 7 rings (SSSR count). The van der Waals surface area contributed by atoms with Crippen LogP contribution in [0.15, 0.2) is 84.9 Å². The van der Waals surface area contributed by atoms with Gasteiger partial charge in [0.1, 0.15) is 23.0 Å². The Hall–Kier alpha value is -4.66. The van der Waals surface area contributed by atoms with Crippen molar-refractivity contribution in [2.75, 3.05) is 26.4 Å². The van der Waals surface area contributed by atoms with Gasteiger partial charge >= 0.3 is 11.9 Å². The first-order valence-corrected chi connectivity index (χ1v) is 19.0. The van der Waals surface area contributed by atoms with Crippen LogP contribution in [0.3, 0.4) is 0 Å². The maximum Gasteiger partial charge on any atom is 0.343 e. The average Bonchev–Trinajstić information content (AvgIpc) is 4.10. The Kier molecular flexibility index (Phi) is 11.2. The Morgan fingerprint density at radius 1 is 0.604 bits per heavy atom. The number of carbonyl (C=O) groups is 2.